The van der Waals surface area contributed by atoms with E-state index in [1.54, 1.807) is 0 Å². The second-order valence-electron chi connectivity index (χ2n) is 5.72. The van der Waals surface area contributed by atoms with Gasteiger partial charge in [-0.15, -0.1) is 0 Å². The Kier molecular flexibility index (Phi) is 10.8. The van der Waals surface area contributed by atoms with E-state index in [-0.39, 0.29) is 16.7 Å². The maximum atomic E-state index is 11.9. The average Bonchev–Trinajstić information content (AvgIpc) is 2.61. The molecule has 0 aliphatic carbocycles. The summed E-state index contributed by atoms with van der Waals surface area (Å²) >= 11 is 0. The Hall–Kier alpha value is -3.96. The van der Waals surface area contributed by atoms with Crippen LogP contribution in [0.25, 0.3) is 0 Å². The summed E-state index contributed by atoms with van der Waals surface area (Å²) in [5.41, 5.74) is -0.854. The maximum Gasteiger partial charge on any atom is 0.334 e. The van der Waals surface area contributed by atoms with Crippen LogP contribution in [0.5, 0.6) is 0 Å². The maximum absolute atomic E-state index is 11.9. The molecule has 30 heavy (non-hydrogen) atoms. The van der Waals surface area contributed by atoms with Crippen LogP contribution in [0.4, 0.5) is 0 Å². The predicted octanol–water partition coefficient (Wildman–Crippen LogP) is 0.0773. The molecule has 3 N–H and O–H groups in total. The van der Waals surface area contributed by atoms with E-state index >= 15 is 0 Å². The number of aliphatic carboxylic acids is 3. The highest BCUT2D eigenvalue weighted by Crippen LogP contribution is 2.07. The lowest BCUT2D eigenvalue weighted by atomic mass is 10.2. The first-order valence-corrected chi connectivity index (χ1v) is 8.12. The van der Waals surface area contributed by atoms with Gasteiger partial charge in [0, 0.05) is 34.9 Å². The Labute approximate surface area is 170 Å². The summed E-state index contributed by atoms with van der Waals surface area (Å²) in [6.07, 6.45) is 0.348. The normalized spacial score (nSPS) is 13.1. The van der Waals surface area contributed by atoms with Gasteiger partial charge in [-0.3, -0.25) is 0 Å². The highest BCUT2D eigenvalue weighted by atomic mass is 16.6. The molecule has 0 aromatic carbocycles. The molecule has 0 aromatic heterocycles. The summed E-state index contributed by atoms with van der Waals surface area (Å²) < 4.78 is 14.5. The summed E-state index contributed by atoms with van der Waals surface area (Å²) in [7, 11) is 0. The first-order chi connectivity index (χ1) is 13.8. The van der Waals surface area contributed by atoms with Gasteiger partial charge < -0.3 is 29.5 Å². The number of carbonyl (C=O) groups excluding carboxylic acids is 3. The van der Waals surface area contributed by atoms with Crippen LogP contribution in [-0.2, 0) is 43.0 Å². The Morgan fingerprint density at radius 1 is 0.633 bits per heavy atom. The Bertz CT molecular complexity index is 769. The van der Waals surface area contributed by atoms with Crippen LogP contribution >= 0.6 is 0 Å². The zero-order chi connectivity index (χ0) is 23.4. The summed E-state index contributed by atoms with van der Waals surface area (Å²) in [4.78, 5) is 67.2. The van der Waals surface area contributed by atoms with Crippen molar-refractivity contribution in [1.82, 2.24) is 0 Å². The molecule has 0 bridgehead atoms. The van der Waals surface area contributed by atoms with E-state index in [0.717, 1.165) is 20.8 Å². The van der Waals surface area contributed by atoms with Crippen molar-refractivity contribution in [3.63, 3.8) is 0 Å². The molecular formula is C18H20O12. The fraction of sp³-hybridized carbons (Fsp3) is 0.333. The molecule has 0 spiro atoms. The third-order valence-electron chi connectivity index (χ3n) is 3.06. The standard InChI is InChI=1S/C18H20O12/c1-9(4-13(19)20)16(25)28-7-12(30-18(27)11(3)6-15(23)24)8-29-17(26)10(2)5-14(21)22/h4-6,12H,7-8H2,1-3H3,(H,19,20)(H,21,22)(H,23,24). The number of carbonyl (C=O) groups is 6. The average molecular weight is 428 g/mol. The van der Waals surface area contributed by atoms with Crippen molar-refractivity contribution in [3.05, 3.63) is 34.9 Å². The molecule has 0 unspecified atom stereocenters. The first-order valence-electron chi connectivity index (χ1n) is 8.12. The smallest absolute Gasteiger partial charge is 0.334 e. The minimum atomic E-state index is -1.41. The number of carboxylic acid groups (broad SMARTS) is 3. The SMILES string of the molecule is CC(=CC(=O)O)C(=O)OCC(COC(=O)C(C)=CC(=O)O)OC(=O)C(C)=CC(=O)O. The highest BCUT2D eigenvalue weighted by molar-refractivity contribution is 5.96. The van der Waals surface area contributed by atoms with Crippen molar-refractivity contribution < 1.29 is 58.3 Å². The first kappa shape index (κ1) is 26.0. The molecule has 164 valence electrons. The molecule has 0 heterocycles. The lowest BCUT2D eigenvalue weighted by Crippen LogP contribution is -2.31. The molecule has 0 atom stereocenters. The number of hydrogen-bond donors (Lipinski definition) is 3. The van der Waals surface area contributed by atoms with Gasteiger partial charge in [0.1, 0.15) is 13.2 Å². The fourth-order valence-electron chi connectivity index (χ4n) is 1.66. The summed E-state index contributed by atoms with van der Waals surface area (Å²) in [6.45, 7) is 2.15. The van der Waals surface area contributed by atoms with Crippen molar-refractivity contribution in [2.45, 2.75) is 26.9 Å². The van der Waals surface area contributed by atoms with Crippen LogP contribution in [0.2, 0.25) is 0 Å². The van der Waals surface area contributed by atoms with E-state index in [9.17, 15) is 28.8 Å². The van der Waals surface area contributed by atoms with Gasteiger partial charge >= 0.3 is 35.8 Å². The van der Waals surface area contributed by atoms with E-state index in [0.29, 0.717) is 18.2 Å². The molecule has 0 fully saturated rings. The largest absolute Gasteiger partial charge is 0.478 e. The van der Waals surface area contributed by atoms with Crippen molar-refractivity contribution in [2.24, 2.45) is 0 Å². The monoisotopic (exact) mass is 428 g/mol. The van der Waals surface area contributed by atoms with Crippen LogP contribution in [0.15, 0.2) is 34.9 Å². The molecule has 12 heteroatoms. The third kappa shape index (κ3) is 11.0. The number of rotatable bonds is 11. The summed E-state index contributed by atoms with van der Waals surface area (Å²) in [6, 6.07) is 0. The number of ether oxygens (including phenoxy) is 3. The van der Waals surface area contributed by atoms with E-state index in [2.05, 4.69) is 0 Å². The van der Waals surface area contributed by atoms with Crippen LogP contribution in [0.1, 0.15) is 20.8 Å². The van der Waals surface area contributed by atoms with Crippen molar-refractivity contribution in [3.8, 4) is 0 Å². The van der Waals surface area contributed by atoms with Gasteiger partial charge in [0.15, 0.2) is 6.10 Å². The van der Waals surface area contributed by atoms with Gasteiger partial charge in [-0.05, 0) is 20.8 Å². The lowest BCUT2D eigenvalue weighted by Gasteiger charge is -2.18. The highest BCUT2D eigenvalue weighted by Gasteiger charge is 2.22. The summed E-state index contributed by atoms with van der Waals surface area (Å²) in [5, 5.41) is 25.9. The van der Waals surface area contributed by atoms with Crippen LogP contribution < -0.4 is 0 Å². The van der Waals surface area contributed by atoms with Crippen molar-refractivity contribution in [1.29, 1.82) is 0 Å². The molecule has 0 aliphatic heterocycles. The van der Waals surface area contributed by atoms with Gasteiger partial charge in [0.2, 0.25) is 0 Å². The topological polar surface area (TPSA) is 191 Å². The van der Waals surface area contributed by atoms with E-state index < -0.39 is 55.1 Å². The molecule has 0 radical (unpaired) electrons. The second kappa shape index (κ2) is 12.5. The van der Waals surface area contributed by atoms with Crippen LogP contribution in [-0.4, -0.2) is 70.5 Å². The van der Waals surface area contributed by atoms with Crippen molar-refractivity contribution >= 4 is 35.8 Å². The van der Waals surface area contributed by atoms with E-state index in [1.165, 1.54) is 0 Å². The van der Waals surface area contributed by atoms with Gasteiger partial charge in [0.25, 0.3) is 0 Å². The van der Waals surface area contributed by atoms with Gasteiger partial charge in [0.05, 0.1) is 0 Å². The fourth-order valence-corrected chi connectivity index (χ4v) is 1.66. The van der Waals surface area contributed by atoms with Crippen LogP contribution in [0.3, 0.4) is 0 Å². The molecule has 0 aromatic rings. The van der Waals surface area contributed by atoms with Crippen molar-refractivity contribution in [2.75, 3.05) is 13.2 Å². The molecule has 12 nitrogen and oxygen atoms in total. The Morgan fingerprint density at radius 2 is 0.933 bits per heavy atom. The quantitative estimate of drug-likeness (QED) is 0.228. The molecule has 0 amide bonds. The molecule has 0 aliphatic rings. The van der Waals surface area contributed by atoms with Gasteiger partial charge in [-0.2, -0.15) is 0 Å². The Morgan fingerprint density at radius 3 is 1.23 bits per heavy atom. The Balaban J connectivity index is 5.26. The van der Waals surface area contributed by atoms with Gasteiger partial charge in [-0.1, -0.05) is 0 Å². The molecule has 0 saturated heterocycles. The van der Waals surface area contributed by atoms with Gasteiger partial charge in [-0.25, -0.2) is 28.8 Å². The molecule has 0 rings (SSSR count). The minimum absolute atomic E-state index is 0.272. The number of hydrogen-bond acceptors (Lipinski definition) is 9. The number of carboxylic acids is 3. The van der Waals surface area contributed by atoms with Crippen LogP contribution in [0, 0.1) is 0 Å². The summed E-state index contributed by atoms with van der Waals surface area (Å²) in [5.74, 6) is -7.41. The molecule has 0 saturated carbocycles. The second-order valence-corrected chi connectivity index (χ2v) is 5.72. The predicted molar refractivity (Wildman–Crippen MR) is 96.0 cm³/mol. The minimum Gasteiger partial charge on any atom is -0.478 e. The number of esters is 3. The molecular weight excluding hydrogens is 408 g/mol. The van der Waals surface area contributed by atoms with E-state index in [1.807, 2.05) is 0 Å². The zero-order valence-corrected chi connectivity index (χ0v) is 16.2. The zero-order valence-electron chi connectivity index (χ0n) is 16.2. The third-order valence-corrected chi connectivity index (χ3v) is 3.06. The lowest BCUT2D eigenvalue weighted by molar-refractivity contribution is -0.161. The van der Waals surface area contributed by atoms with E-state index in [4.69, 9.17) is 29.5 Å².